The average Bonchev–Trinajstić information content (AvgIpc) is 3.35. The standard InChI is InChI=1S/C26H40N2O7S/c1-18-8-5-11-22(29)20(13-15-36-4)27-26(32)35-17-23(33-3)19(2)9-6-12-24(30)28-14-7-10-21(28)25(31)34-16-18/h5-6,8-9,18-21,23H,7,10-17H2,1-4H3,(H,27,32)/b8-5+,9-6+/t18-,19-,20+,21+,23-/m1/s1. The van der Waals surface area contributed by atoms with Crippen molar-refractivity contribution in [2.75, 3.05) is 38.9 Å². The van der Waals surface area contributed by atoms with Crippen molar-refractivity contribution in [3.05, 3.63) is 24.3 Å². The molecular formula is C26H40N2O7S. The van der Waals surface area contributed by atoms with Gasteiger partial charge in [0.1, 0.15) is 12.6 Å². The van der Waals surface area contributed by atoms with E-state index < -0.39 is 30.3 Å². The fourth-order valence-corrected chi connectivity index (χ4v) is 4.66. The van der Waals surface area contributed by atoms with Crippen LogP contribution in [-0.2, 0) is 28.6 Å². The molecule has 0 aromatic rings. The topological polar surface area (TPSA) is 111 Å². The third-order valence-electron chi connectivity index (χ3n) is 6.41. The first-order chi connectivity index (χ1) is 17.3. The number of methoxy groups -OCH3 is 1. The second-order valence-electron chi connectivity index (χ2n) is 9.29. The Labute approximate surface area is 218 Å². The molecule has 0 aliphatic carbocycles. The number of carbonyl (C=O) groups excluding carboxylic acids is 4. The third-order valence-corrected chi connectivity index (χ3v) is 7.05. The number of hydrogen-bond acceptors (Lipinski definition) is 8. The van der Waals surface area contributed by atoms with Crippen LogP contribution in [0.4, 0.5) is 4.79 Å². The zero-order valence-corrected chi connectivity index (χ0v) is 22.6. The quantitative estimate of drug-likeness (QED) is 0.441. The first-order valence-electron chi connectivity index (χ1n) is 12.5. The molecule has 0 bridgehead atoms. The van der Waals surface area contributed by atoms with E-state index in [1.54, 1.807) is 28.8 Å². The van der Waals surface area contributed by atoms with Gasteiger partial charge in [-0.05, 0) is 31.3 Å². The number of fused-ring (bicyclic) bond motifs is 1. The summed E-state index contributed by atoms with van der Waals surface area (Å²) in [5.74, 6) is -0.157. The fraction of sp³-hybridized carbons (Fsp3) is 0.692. The number of nitrogens with zero attached hydrogens (tertiary/aromatic N) is 1. The largest absolute Gasteiger partial charge is 0.464 e. The van der Waals surface area contributed by atoms with Crippen LogP contribution in [0.2, 0.25) is 0 Å². The highest BCUT2D eigenvalue weighted by atomic mass is 32.2. The number of esters is 1. The first-order valence-corrected chi connectivity index (χ1v) is 13.9. The maximum atomic E-state index is 12.8. The summed E-state index contributed by atoms with van der Waals surface area (Å²) in [5.41, 5.74) is 0. The van der Waals surface area contributed by atoms with Gasteiger partial charge in [0.25, 0.3) is 0 Å². The van der Waals surface area contributed by atoms with Crippen molar-refractivity contribution in [1.82, 2.24) is 10.2 Å². The Hall–Kier alpha value is -2.33. The molecule has 202 valence electrons. The first kappa shape index (κ1) is 29.9. The smallest absolute Gasteiger partial charge is 0.407 e. The van der Waals surface area contributed by atoms with E-state index in [2.05, 4.69) is 5.32 Å². The molecule has 5 atom stereocenters. The van der Waals surface area contributed by atoms with E-state index in [0.717, 1.165) is 6.42 Å². The Kier molecular flexibility index (Phi) is 13.0. The lowest BCUT2D eigenvalue weighted by atomic mass is 10.0. The number of nitrogens with one attached hydrogen (secondary N) is 1. The van der Waals surface area contributed by atoms with E-state index in [1.165, 1.54) is 7.11 Å². The molecule has 36 heavy (non-hydrogen) atoms. The van der Waals surface area contributed by atoms with E-state index in [4.69, 9.17) is 14.2 Å². The Morgan fingerprint density at radius 1 is 1.08 bits per heavy atom. The molecule has 0 aromatic heterocycles. The number of amides is 2. The zero-order chi connectivity index (χ0) is 26.5. The van der Waals surface area contributed by atoms with E-state index in [9.17, 15) is 19.2 Å². The molecule has 2 aliphatic heterocycles. The minimum absolute atomic E-state index is 0.00266. The number of thioether (sulfide) groups is 1. The van der Waals surface area contributed by atoms with Crippen molar-refractivity contribution < 1.29 is 33.4 Å². The highest BCUT2D eigenvalue weighted by Gasteiger charge is 2.34. The van der Waals surface area contributed by atoms with Gasteiger partial charge in [-0.1, -0.05) is 38.2 Å². The lowest BCUT2D eigenvalue weighted by molar-refractivity contribution is -0.153. The van der Waals surface area contributed by atoms with Crippen LogP contribution in [0.25, 0.3) is 0 Å². The number of carbonyl (C=O) groups is 4. The number of allylic oxidation sites excluding steroid dienone is 1. The normalized spacial score (nSPS) is 31.4. The predicted molar refractivity (Wildman–Crippen MR) is 139 cm³/mol. The van der Waals surface area contributed by atoms with Gasteiger partial charge in [0.2, 0.25) is 5.91 Å². The molecule has 1 N–H and O–H groups in total. The van der Waals surface area contributed by atoms with Crippen LogP contribution in [0.15, 0.2) is 24.3 Å². The minimum atomic E-state index is -0.668. The van der Waals surface area contributed by atoms with Crippen molar-refractivity contribution in [1.29, 1.82) is 0 Å². The summed E-state index contributed by atoms with van der Waals surface area (Å²) in [6.07, 6.45) is 10.2. The van der Waals surface area contributed by atoms with Crippen LogP contribution >= 0.6 is 11.8 Å². The molecule has 0 saturated carbocycles. The minimum Gasteiger partial charge on any atom is -0.464 e. The van der Waals surface area contributed by atoms with E-state index in [-0.39, 0.29) is 49.6 Å². The number of hydrogen-bond donors (Lipinski definition) is 1. The average molecular weight is 525 g/mol. The summed E-state index contributed by atoms with van der Waals surface area (Å²) in [4.78, 5) is 52.3. The number of rotatable bonds is 4. The van der Waals surface area contributed by atoms with Crippen molar-refractivity contribution in [3.63, 3.8) is 0 Å². The number of Topliss-reactive ketones (excluding diaryl/α,β-unsaturated/α-hetero) is 1. The molecule has 2 rings (SSSR count). The third kappa shape index (κ3) is 9.61. The lowest BCUT2D eigenvalue weighted by Gasteiger charge is -2.23. The van der Waals surface area contributed by atoms with Gasteiger partial charge in [0.05, 0.1) is 18.8 Å². The molecule has 2 aliphatic rings. The van der Waals surface area contributed by atoms with Gasteiger partial charge >= 0.3 is 12.1 Å². The van der Waals surface area contributed by atoms with Crippen LogP contribution in [0.5, 0.6) is 0 Å². The number of cyclic esters (lactones) is 2. The monoisotopic (exact) mass is 524 g/mol. The SMILES string of the molecule is CO[C@@H]1COC(=O)N[C@@H](CCSC)C(=O)C/C=C/[C@@H](C)COC(=O)[C@@H]2CCCN2C(=O)C/C=C/[C@H]1C. The molecule has 10 heteroatoms. The molecular weight excluding hydrogens is 484 g/mol. The van der Waals surface area contributed by atoms with Gasteiger partial charge in [-0.15, -0.1) is 0 Å². The summed E-state index contributed by atoms with van der Waals surface area (Å²) < 4.78 is 16.3. The second-order valence-corrected chi connectivity index (χ2v) is 10.3. The van der Waals surface area contributed by atoms with E-state index >= 15 is 0 Å². The molecule has 0 radical (unpaired) electrons. The Morgan fingerprint density at radius 3 is 2.56 bits per heavy atom. The van der Waals surface area contributed by atoms with Crippen molar-refractivity contribution >= 4 is 35.5 Å². The van der Waals surface area contributed by atoms with Gasteiger partial charge in [-0.2, -0.15) is 11.8 Å². The van der Waals surface area contributed by atoms with Crippen LogP contribution in [-0.4, -0.2) is 85.7 Å². The summed E-state index contributed by atoms with van der Waals surface area (Å²) in [5, 5.41) is 2.69. The zero-order valence-electron chi connectivity index (χ0n) is 21.8. The molecule has 0 aromatic carbocycles. The van der Waals surface area contributed by atoms with Crippen LogP contribution in [0, 0.1) is 11.8 Å². The van der Waals surface area contributed by atoms with E-state index in [1.807, 2.05) is 32.3 Å². The predicted octanol–water partition coefficient (Wildman–Crippen LogP) is 3.13. The summed E-state index contributed by atoms with van der Waals surface area (Å²) in [6.45, 7) is 4.49. The van der Waals surface area contributed by atoms with Gasteiger partial charge in [-0.3, -0.25) is 9.59 Å². The molecule has 9 nitrogen and oxygen atoms in total. The van der Waals surface area contributed by atoms with Crippen molar-refractivity contribution in [2.45, 2.75) is 64.1 Å². The van der Waals surface area contributed by atoms with Gasteiger partial charge in [0, 0.05) is 38.3 Å². The number of ketones is 1. The van der Waals surface area contributed by atoms with Crippen LogP contribution in [0.3, 0.4) is 0 Å². The highest BCUT2D eigenvalue weighted by molar-refractivity contribution is 7.98. The molecule has 1 fully saturated rings. The molecule has 1 saturated heterocycles. The molecule has 0 spiro atoms. The summed E-state index contributed by atoms with van der Waals surface area (Å²) in [6, 6.07) is -1.22. The summed E-state index contributed by atoms with van der Waals surface area (Å²) >= 11 is 1.59. The number of ether oxygens (including phenoxy) is 3. The molecule has 2 amide bonds. The van der Waals surface area contributed by atoms with Crippen molar-refractivity contribution in [2.24, 2.45) is 11.8 Å². The summed E-state index contributed by atoms with van der Waals surface area (Å²) in [7, 11) is 1.53. The lowest BCUT2D eigenvalue weighted by Crippen LogP contribution is -2.42. The maximum absolute atomic E-state index is 12.8. The maximum Gasteiger partial charge on any atom is 0.407 e. The molecule has 0 unspecified atom stereocenters. The number of alkyl carbamates (subject to hydrolysis) is 1. The van der Waals surface area contributed by atoms with E-state index in [0.29, 0.717) is 25.1 Å². The Bertz CT molecular complexity index is 816. The van der Waals surface area contributed by atoms with Crippen LogP contribution in [0.1, 0.15) is 46.0 Å². The Morgan fingerprint density at radius 2 is 1.83 bits per heavy atom. The molecule has 2 heterocycles. The van der Waals surface area contributed by atoms with Gasteiger partial charge < -0.3 is 24.4 Å². The fourth-order valence-electron chi connectivity index (χ4n) is 4.18. The second kappa shape index (κ2) is 15.7. The highest BCUT2D eigenvalue weighted by Crippen LogP contribution is 2.21. The Balaban J connectivity index is 2.17. The van der Waals surface area contributed by atoms with Gasteiger partial charge in [0.15, 0.2) is 5.78 Å². The van der Waals surface area contributed by atoms with Crippen LogP contribution < -0.4 is 5.32 Å². The van der Waals surface area contributed by atoms with Crippen molar-refractivity contribution in [3.8, 4) is 0 Å². The van der Waals surface area contributed by atoms with Gasteiger partial charge in [-0.25, -0.2) is 9.59 Å².